The zero-order chi connectivity index (χ0) is 25.0. The topological polar surface area (TPSA) is 104 Å². The van der Waals surface area contributed by atoms with Gasteiger partial charge in [-0.15, -0.1) is 0 Å². The summed E-state index contributed by atoms with van der Waals surface area (Å²) in [6.07, 6.45) is -0.304. The summed E-state index contributed by atoms with van der Waals surface area (Å²) < 4.78 is 39.6. The van der Waals surface area contributed by atoms with E-state index in [-0.39, 0.29) is 41.8 Å². The van der Waals surface area contributed by atoms with E-state index in [1.54, 1.807) is 13.0 Å². The quantitative estimate of drug-likeness (QED) is 0.583. The van der Waals surface area contributed by atoms with Crippen LogP contribution in [0.5, 0.6) is 0 Å². The van der Waals surface area contributed by atoms with Gasteiger partial charge in [0.05, 0.1) is 5.56 Å². The summed E-state index contributed by atoms with van der Waals surface area (Å²) in [6, 6.07) is 10.6. The van der Waals surface area contributed by atoms with E-state index in [1.807, 2.05) is 13.8 Å². The number of carbonyl (C=O) groups excluding carboxylic acids is 3. The standard InChI is InChI=1S/C24H28FN3O5S/c1-16(2)14-26-23(30)17(3)27(15-18-8-10-19(25)11-9-18)22(29)12-13-28-24(31)20-6-4-5-7-21(20)34(28,32)33/h4-11,16-17H,12-15H2,1-3H3,(H,26,30)/t17-/m0/s1. The Morgan fingerprint density at radius 3 is 2.32 bits per heavy atom. The first-order valence-corrected chi connectivity index (χ1v) is 12.4. The molecule has 0 aromatic heterocycles. The summed E-state index contributed by atoms with van der Waals surface area (Å²) >= 11 is 0. The van der Waals surface area contributed by atoms with E-state index < -0.39 is 33.7 Å². The Balaban J connectivity index is 1.77. The molecule has 182 valence electrons. The van der Waals surface area contributed by atoms with E-state index in [2.05, 4.69) is 5.32 Å². The van der Waals surface area contributed by atoms with Crippen LogP contribution < -0.4 is 5.32 Å². The lowest BCUT2D eigenvalue weighted by Gasteiger charge is -2.29. The van der Waals surface area contributed by atoms with Gasteiger partial charge >= 0.3 is 0 Å². The number of nitrogens with one attached hydrogen (secondary N) is 1. The number of halogens is 1. The number of sulfonamides is 1. The molecule has 0 bridgehead atoms. The Morgan fingerprint density at radius 2 is 1.71 bits per heavy atom. The van der Waals surface area contributed by atoms with Gasteiger partial charge < -0.3 is 10.2 Å². The highest BCUT2D eigenvalue weighted by Gasteiger charge is 2.41. The average Bonchev–Trinajstić information content (AvgIpc) is 3.00. The van der Waals surface area contributed by atoms with E-state index in [0.717, 1.165) is 0 Å². The van der Waals surface area contributed by atoms with Gasteiger partial charge in [0, 0.05) is 26.1 Å². The highest BCUT2D eigenvalue weighted by molar-refractivity contribution is 7.90. The van der Waals surface area contributed by atoms with Crippen molar-refractivity contribution in [3.8, 4) is 0 Å². The minimum atomic E-state index is -4.04. The van der Waals surface area contributed by atoms with Gasteiger partial charge in [-0.2, -0.15) is 0 Å². The van der Waals surface area contributed by atoms with Crippen molar-refractivity contribution < 1.29 is 27.2 Å². The zero-order valence-corrected chi connectivity index (χ0v) is 20.1. The molecule has 1 N–H and O–H groups in total. The summed E-state index contributed by atoms with van der Waals surface area (Å²) in [5, 5.41) is 2.79. The fraction of sp³-hybridized carbons (Fsp3) is 0.375. The molecule has 1 heterocycles. The molecule has 0 saturated carbocycles. The molecular weight excluding hydrogens is 461 g/mol. The van der Waals surface area contributed by atoms with Gasteiger partial charge in [-0.1, -0.05) is 38.1 Å². The van der Waals surface area contributed by atoms with E-state index >= 15 is 0 Å². The molecular formula is C24H28FN3O5S. The molecule has 0 aliphatic carbocycles. The predicted octanol–water partition coefficient (Wildman–Crippen LogP) is 2.55. The Labute approximate surface area is 198 Å². The Kier molecular flexibility index (Phi) is 7.71. The molecule has 1 aliphatic heterocycles. The predicted molar refractivity (Wildman–Crippen MR) is 124 cm³/mol. The summed E-state index contributed by atoms with van der Waals surface area (Å²) in [7, 11) is -4.04. The van der Waals surface area contributed by atoms with Crippen molar-refractivity contribution in [3.05, 3.63) is 65.5 Å². The third-order valence-electron chi connectivity index (χ3n) is 5.56. The lowest BCUT2D eigenvalue weighted by Crippen LogP contribution is -2.49. The lowest BCUT2D eigenvalue weighted by molar-refractivity contribution is -0.140. The van der Waals surface area contributed by atoms with Crippen LogP contribution >= 0.6 is 0 Å². The molecule has 0 unspecified atom stereocenters. The third kappa shape index (κ3) is 5.44. The second kappa shape index (κ2) is 10.3. The average molecular weight is 490 g/mol. The van der Waals surface area contributed by atoms with Crippen molar-refractivity contribution in [1.29, 1.82) is 0 Å². The van der Waals surface area contributed by atoms with Crippen LogP contribution in [-0.2, 0) is 26.2 Å². The second-order valence-electron chi connectivity index (χ2n) is 8.59. The van der Waals surface area contributed by atoms with Gasteiger partial charge in [-0.3, -0.25) is 14.4 Å². The maximum atomic E-state index is 13.3. The molecule has 0 radical (unpaired) electrons. The highest BCUT2D eigenvalue weighted by Crippen LogP contribution is 2.30. The molecule has 3 amide bonds. The number of benzene rings is 2. The van der Waals surface area contributed by atoms with Crippen molar-refractivity contribution in [2.45, 2.75) is 44.7 Å². The van der Waals surface area contributed by atoms with Gasteiger partial charge in [0.1, 0.15) is 16.8 Å². The van der Waals surface area contributed by atoms with Gasteiger partial charge in [0.2, 0.25) is 11.8 Å². The van der Waals surface area contributed by atoms with Crippen LogP contribution in [0.25, 0.3) is 0 Å². The van der Waals surface area contributed by atoms with Crippen molar-refractivity contribution in [2.75, 3.05) is 13.1 Å². The van der Waals surface area contributed by atoms with Crippen LogP contribution in [0.2, 0.25) is 0 Å². The fourth-order valence-corrected chi connectivity index (χ4v) is 5.18. The van der Waals surface area contributed by atoms with Gasteiger partial charge in [0.15, 0.2) is 0 Å². The lowest BCUT2D eigenvalue weighted by atomic mass is 10.1. The number of nitrogens with zero attached hydrogens (tertiary/aromatic N) is 2. The monoisotopic (exact) mass is 489 g/mol. The van der Waals surface area contributed by atoms with Crippen LogP contribution in [0.1, 0.15) is 43.1 Å². The molecule has 0 saturated heterocycles. The van der Waals surface area contributed by atoms with Crippen LogP contribution in [-0.4, -0.2) is 54.5 Å². The summed E-state index contributed by atoms with van der Waals surface area (Å²) in [4.78, 5) is 39.7. The fourth-order valence-electron chi connectivity index (χ4n) is 3.61. The first kappa shape index (κ1) is 25.4. The third-order valence-corrected chi connectivity index (χ3v) is 7.40. The minimum absolute atomic E-state index is 0.0241. The number of fused-ring (bicyclic) bond motifs is 1. The van der Waals surface area contributed by atoms with Crippen LogP contribution in [0, 0.1) is 11.7 Å². The Morgan fingerprint density at radius 1 is 1.06 bits per heavy atom. The Bertz CT molecular complexity index is 1180. The molecule has 2 aromatic carbocycles. The van der Waals surface area contributed by atoms with Crippen molar-refractivity contribution in [2.24, 2.45) is 5.92 Å². The molecule has 0 spiro atoms. The molecule has 10 heteroatoms. The van der Waals surface area contributed by atoms with Gasteiger partial charge in [-0.25, -0.2) is 17.1 Å². The molecule has 0 fully saturated rings. The van der Waals surface area contributed by atoms with E-state index in [4.69, 9.17) is 0 Å². The van der Waals surface area contributed by atoms with Crippen molar-refractivity contribution in [1.82, 2.24) is 14.5 Å². The maximum absolute atomic E-state index is 13.3. The number of hydrogen-bond acceptors (Lipinski definition) is 5. The van der Waals surface area contributed by atoms with Gasteiger partial charge in [0.25, 0.3) is 15.9 Å². The van der Waals surface area contributed by atoms with Crippen LogP contribution in [0.4, 0.5) is 4.39 Å². The first-order chi connectivity index (χ1) is 16.0. The molecule has 34 heavy (non-hydrogen) atoms. The molecule has 1 aliphatic rings. The summed E-state index contributed by atoms with van der Waals surface area (Å²) in [5.41, 5.74) is 0.676. The number of rotatable bonds is 9. The number of hydrogen-bond donors (Lipinski definition) is 1. The SMILES string of the molecule is CC(C)CNC(=O)[C@H](C)N(Cc1ccc(F)cc1)C(=O)CCN1C(=O)c2ccccc2S1(=O)=O. The summed E-state index contributed by atoms with van der Waals surface area (Å²) in [5.74, 6) is -1.76. The Hall–Kier alpha value is -3.27. The number of carbonyl (C=O) groups is 3. The molecule has 3 rings (SSSR count). The van der Waals surface area contributed by atoms with Crippen molar-refractivity contribution in [3.63, 3.8) is 0 Å². The van der Waals surface area contributed by atoms with Crippen LogP contribution in [0.3, 0.4) is 0 Å². The smallest absolute Gasteiger partial charge is 0.269 e. The largest absolute Gasteiger partial charge is 0.354 e. The second-order valence-corrected chi connectivity index (χ2v) is 10.4. The summed E-state index contributed by atoms with van der Waals surface area (Å²) in [6.45, 7) is 5.56. The molecule has 2 aromatic rings. The zero-order valence-electron chi connectivity index (χ0n) is 19.3. The van der Waals surface area contributed by atoms with E-state index in [0.29, 0.717) is 16.4 Å². The molecule has 1 atom stereocenters. The van der Waals surface area contributed by atoms with E-state index in [9.17, 15) is 27.2 Å². The van der Waals surface area contributed by atoms with Crippen molar-refractivity contribution >= 4 is 27.7 Å². The molecule has 8 nitrogen and oxygen atoms in total. The van der Waals surface area contributed by atoms with E-state index in [1.165, 1.54) is 47.4 Å². The first-order valence-electron chi connectivity index (χ1n) is 11.0. The van der Waals surface area contributed by atoms with Gasteiger partial charge in [-0.05, 0) is 42.7 Å². The normalized spacial score (nSPS) is 15.2. The maximum Gasteiger partial charge on any atom is 0.269 e. The minimum Gasteiger partial charge on any atom is -0.354 e. The number of amides is 3. The van der Waals surface area contributed by atoms with Crippen LogP contribution in [0.15, 0.2) is 53.4 Å². The highest BCUT2D eigenvalue weighted by atomic mass is 32.2.